The lowest BCUT2D eigenvalue weighted by Crippen LogP contribution is -2.19. The maximum atomic E-state index is 12.3. The van der Waals surface area contributed by atoms with Crippen molar-refractivity contribution in [2.24, 2.45) is 4.99 Å². The molecule has 0 saturated carbocycles. The number of halogens is 3. The lowest BCUT2D eigenvalue weighted by molar-refractivity contribution is -0.274. The molecule has 5 nitrogen and oxygen atoms in total. The van der Waals surface area contributed by atoms with Gasteiger partial charge in [-0.25, -0.2) is 4.99 Å². The van der Waals surface area contributed by atoms with Gasteiger partial charge in [-0.15, -0.1) is 13.2 Å². The molecule has 0 amide bonds. The molecule has 0 fully saturated rings. The summed E-state index contributed by atoms with van der Waals surface area (Å²) in [7, 11) is 0. The molecule has 0 aliphatic rings. The highest BCUT2D eigenvalue weighted by Gasteiger charge is 2.30. The summed E-state index contributed by atoms with van der Waals surface area (Å²) in [6, 6.07) is 11.1. The summed E-state index contributed by atoms with van der Waals surface area (Å²) in [5.74, 6) is 0.100. The minimum Gasteiger partial charge on any atom is -0.406 e. The van der Waals surface area contributed by atoms with Crippen LogP contribution in [0.1, 0.15) is 18.1 Å². The Labute approximate surface area is 173 Å². The van der Waals surface area contributed by atoms with Crippen LogP contribution in [0, 0.1) is 19.3 Å². The highest BCUT2D eigenvalue weighted by Crippen LogP contribution is 2.25. The summed E-state index contributed by atoms with van der Waals surface area (Å²) >= 11 is 0. The first-order valence-corrected chi connectivity index (χ1v) is 9.01. The van der Waals surface area contributed by atoms with Gasteiger partial charge in [0, 0.05) is 29.5 Å². The first-order valence-electron chi connectivity index (χ1n) is 9.01. The van der Waals surface area contributed by atoms with Gasteiger partial charge >= 0.3 is 6.36 Å². The molecule has 2 aromatic rings. The number of anilines is 2. The summed E-state index contributed by atoms with van der Waals surface area (Å²) in [6.07, 6.45) is -2.23. The van der Waals surface area contributed by atoms with Gasteiger partial charge in [0.1, 0.15) is 11.6 Å². The number of aliphatic imine (C=N–C) groups is 1. The third-order valence-corrected chi connectivity index (χ3v) is 4.30. The van der Waals surface area contributed by atoms with Crippen LogP contribution in [0.4, 0.5) is 24.5 Å². The van der Waals surface area contributed by atoms with E-state index in [2.05, 4.69) is 26.9 Å². The number of hydrogen-bond acceptors (Lipinski definition) is 4. The Morgan fingerprint density at radius 1 is 1.10 bits per heavy atom. The maximum absolute atomic E-state index is 12.3. The van der Waals surface area contributed by atoms with Gasteiger partial charge < -0.3 is 20.8 Å². The van der Waals surface area contributed by atoms with Crippen molar-refractivity contribution >= 4 is 23.4 Å². The number of hydrogen-bond donors (Lipinski definition) is 3. The van der Waals surface area contributed by atoms with E-state index in [1.165, 1.54) is 30.5 Å². The Kier molecular flexibility index (Phi) is 7.41. The van der Waals surface area contributed by atoms with Crippen molar-refractivity contribution in [1.29, 1.82) is 5.41 Å². The number of aryl methyl sites for hydroxylation is 1. The molecule has 0 aliphatic carbocycles. The van der Waals surface area contributed by atoms with Gasteiger partial charge in [-0.1, -0.05) is 18.7 Å². The fraction of sp³-hybridized carbons (Fsp3) is 0.182. The predicted octanol–water partition coefficient (Wildman–Crippen LogP) is 6.19. The molecule has 0 aliphatic heterocycles. The van der Waals surface area contributed by atoms with E-state index in [4.69, 9.17) is 5.41 Å². The average molecular weight is 416 g/mol. The van der Waals surface area contributed by atoms with Crippen LogP contribution in [0.15, 0.2) is 71.5 Å². The lowest BCUT2D eigenvalue weighted by atomic mass is 10.1. The average Bonchev–Trinajstić information content (AvgIpc) is 2.66. The molecule has 0 radical (unpaired) electrons. The Bertz CT molecular complexity index is 977. The second-order valence-corrected chi connectivity index (χ2v) is 6.41. The van der Waals surface area contributed by atoms with E-state index < -0.39 is 6.36 Å². The lowest BCUT2D eigenvalue weighted by Gasteiger charge is -2.17. The molecule has 8 heteroatoms. The molecule has 0 bridgehead atoms. The van der Waals surface area contributed by atoms with E-state index in [9.17, 15) is 13.2 Å². The van der Waals surface area contributed by atoms with Crippen molar-refractivity contribution in [2.75, 3.05) is 10.6 Å². The number of ether oxygens (including phenoxy) is 1. The number of amidine groups is 1. The van der Waals surface area contributed by atoms with Crippen molar-refractivity contribution in [3.63, 3.8) is 0 Å². The SMILES string of the molecule is C=C/N=C(Nc1cccc(C)c1C)\C(C=N)=C(/C)Nc1ccc(OC(F)(F)F)cc1. The van der Waals surface area contributed by atoms with Crippen molar-refractivity contribution in [2.45, 2.75) is 27.1 Å². The predicted molar refractivity (Wildman–Crippen MR) is 115 cm³/mol. The smallest absolute Gasteiger partial charge is 0.406 e. The molecule has 158 valence electrons. The highest BCUT2D eigenvalue weighted by molar-refractivity contribution is 6.21. The number of benzene rings is 2. The van der Waals surface area contributed by atoms with Crippen molar-refractivity contribution in [3.05, 3.63) is 77.6 Å². The molecular formula is C22H23F3N4O. The summed E-state index contributed by atoms with van der Waals surface area (Å²) in [5, 5.41) is 14.1. The molecule has 0 saturated heterocycles. The quantitative estimate of drug-likeness (QED) is 0.372. The first kappa shape index (κ1) is 22.7. The van der Waals surface area contributed by atoms with Crippen LogP contribution in [0.2, 0.25) is 0 Å². The van der Waals surface area contributed by atoms with Crippen LogP contribution in [0.25, 0.3) is 0 Å². The van der Waals surface area contributed by atoms with Gasteiger partial charge in [-0.05, 0) is 62.2 Å². The van der Waals surface area contributed by atoms with Crippen molar-refractivity contribution in [1.82, 2.24) is 0 Å². The van der Waals surface area contributed by atoms with Crippen LogP contribution < -0.4 is 15.4 Å². The van der Waals surface area contributed by atoms with Crippen molar-refractivity contribution < 1.29 is 17.9 Å². The first-order chi connectivity index (χ1) is 14.1. The summed E-state index contributed by atoms with van der Waals surface area (Å²) in [4.78, 5) is 4.25. The van der Waals surface area contributed by atoms with Gasteiger partial charge in [0.05, 0.1) is 5.57 Å². The molecule has 0 heterocycles. The monoisotopic (exact) mass is 416 g/mol. The van der Waals surface area contributed by atoms with E-state index in [1.807, 2.05) is 32.0 Å². The Balaban J connectivity index is 2.29. The van der Waals surface area contributed by atoms with Crippen LogP contribution in [0.3, 0.4) is 0 Å². The molecule has 0 spiro atoms. The van der Waals surface area contributed by atoms with Gasteiger partial charge in [0.2, 0.25) is 0 Å². The fourth-order valence-electron chi connectivity index (χ4n) is 2.65. The Morgan fingerprint density at radius 2 is 1.77 bits per heavy atom. The number of alkyl halides is 3. The second-order valence-electron chi connectivity index (χ2n) is 6.41. The normalized spacial score (nSPS) is 12.7. The molecule has 30 heavy (non-hydrogen) atoms. The second kappa shape index (κ2) is 9.78. The Morgan fingerprint density at radius 3 is 2.33 bits per heavy atom. The topological polar surface area (TPSA) is 69.5 Å². The van der Waals surface area contributed by atoms with E-state index in [0.717, 1.165) is 23.0 Å². The third-order valence-electron chi connectivity index (χ3n) is 4.30. The van der Waals surface area contributed by atoms with Crippen LogP contribution in [-0.2, 0) is 0 Å². The molecule has 2 aromatic carbocycles. The maximum Gasteiger partial charge on any atom is 0.573 e. The largest absolute Gasteiger partial charge is 0.573 e. The van der Waals surface area contributed by atoms with Gasteiger partial charge in [0.15, 0.2) is 0 Å². The Hall–Kier alpha value is -3.55. The zero-order valence-electron chi connectivity index (χ0n) is 16.9. The molecule has 3 N–H and O–H groups in total. The van der Waals surface area contributed by atoms with Gasteiger partial charge in [-0.3, -0.25) is 0 Å². The number of nitrogens with one attached hydrogen (secondary N) is 3. The molecule has 2 rings (SSSR count). The van der Waals surface area contributed by atoms with E-state index in [1.54, 1.807) is 6.92 Å². The molecular weight excluding hydrogens is 393 g/mol. The number of rotatable bonds is 7. The van der Waals surface area contributed by atoms with Crippen LogP contribution in [0.5, 0.6) is 5.75 Å². The highest BCUT2D eigenvalue weighted by atomic mass is 19.4. The third kappa shape index (κ3) is 6.23. The zero-order valence-corrected chi connectivity index (χ0v) is 16.9. The van der Waals surface area contributed by atoms with E-state index in [0.29, 0.717) is 22.8 Å². The standard InChI is InChI=1S/C22H23F3N4O/c1-5-27-21(29-20-8-6-7-14(2)15(20)3)19(13-26)16(4)28-17-9-11-18(12-10-17)30-22(23,24)25/h5-13,26,28H,1H2,2-4H3,(H,27,29)/b19-16+,26-13?. The summed E-state index contributed by atoms with van der Waals surface area (Å²) in [6.45, 7) is 9.35. The minimum absolute atomic E-state index is 0.313. The summed E-state index contributed by atoms with van der Waals surface area (Å²) in [5.41, 5.74) is 4.57. The van der Waals surface area contributed by atoms with E-state index in [-0.39, 0.29) is 5.75 Å². The molecule has 0 aromatic heterocycles. The van der Waals surface area contributed by atoms with Crippen LogP contribution >= 0.6 is 0 Å². The van der Waals surface area contributed by atoms with Crippen LogP contribution in [-0.4, -0.2) is 18.4 Å². The fourth-order valence-corrected chi connectivity index (χ4v) is 2.65. The summed E-state index contributed by atoms with van der Waals surface area (Å²) < 4.78 is 40.8. The molecule has 0 unspecified atom stereocenters. The van der Waals surface area contributed by atoms with E-state index >= 15 is 0 Å². The minimum atomic E-state index is -4.74. The van der Waals surface area contributed by atoms with Gasteiger partial charge in [-0.2, -0.15) is 0 Å². The molecule has 0 atom stereocenters. The number of nitrogens with zero attached hydrogens (tertiary/aromatic N) is 1. The number of allylic oxidation sites excluding steroid dienone is 1. The van der Waals surface area contributed by atoms with Crippen molar-refractivity contribution in [3.8, 4) is 5.75 Å². The zero-order chi connectivity index (χ0) is 22.3. The van der Waals surface area contributed by atoms with Gasteiger partial charge in [0.25, 0.3) is 0 Å².